The minimum atomic E-state index is -4.48. The molecule has 2 aliphatic heterocycles. The van der Waals surface area contributed by atoms with E-state index in [4.69, 9.17) is 34.8 Å². The molecule has 6 aromatic rings. The number of hydrogen-bond acceptors (Lipinski definition) is 21. The first-order valence-electron chi connectivity index (χ1n) is 29.8. The van der Waals surface area contributed by atoms with Gasteiger partial charge in [-0.25, -0.2) is 29.3 Å². The number of aliphatic hydroxyl groups is 3. The van der Waals surface area contributed by atoms with Crippen LogP contribution in [-0.2, 0) is 48.6 Å². The lowest BCUT2D eigenvalue weighted by Crippen LogP contribution is -2.64. The van der Waals surface area contributed by atoms with Gasteiger partial charge in [0.25, 0.3) is 16.0 Å². The fourth-order valence-electron chi connectivity index (χ4n) is 15.1. The number of aliphatic hydroxyl groups excluding tert-OH is 3. The predicted octanol–water partition coefficient (Wildman–Crippen LogP) is 5.98. The van der Waals surface area contributed by atoms with Crippen molar-refractivity contribution in [2.24, 2.45) is 22.0 Å². The molecule has 90 heavy (non-hydrogen) atoms. The van der Waals surface area contributed by atoms with Gasteiger partial charge in [0.15, 0.2) is 16.9 Å². The van der Waals surface area contributed by atoms with Gasteiger partial charge in [0.1, 0.15) is 46.8 Å². The van der Waals surface area contributed by atoms with Crippen LogP contribution >= 0.6 is 11.3 Å². The Hall–Kier alpha value is -7.67. The number of benzene rings is 2. The lowest BCUT2D eigenvalue weighted by molar-refractivity contribution is -0.271. The normalized spacial score (nSPS) is 26.1. The van der Waals surface area contributed by atoms with E-state index in [9.17, 15) is 57.7 Å². The van der Waals surface area contributed by atoms with Gasteiger partial charge in [0.05, 0.1) is 29.8 Å². The predicted molar refractivity (Wildman–Crippen MR) is 331 cm³/mol. The third-order valence-electron chi connectivity index (χ3n) is 17.9. The molecular formula is C62H74N10O16S2. The van der Waals surface area contributed by atoms with Crippen LogP contribution in [0.5, 0.6) is 5.75 Å². The zero-order valence-corrected chi connectivity index (χ0v) is 51.6. The fraction of sp³-hybridized carbons (Fsp3) is 0.484. The van der Waals surface area contributed by atoms with Gasteiger partial charge in [-0.3, -0.25) is 19.3 Å². The summed E-state index contributed by atoms with van der Waals surface area (Å²) >= 11 is 1.29. The number of carboxylic acid groups (broad SMARTS) is 2. The Morgan fingerprint density at radius 1 is 0.933 bits per heavy atom. The van der Waals surface area contributed by atoms with Crippen molar-refractivity contribution >= 4 is 78.5 Å². The van der Waals surface area contributed by atoms with Gasteiger partial charge in [-0.15, -0.1) is 0 Å². The average Bonchev–Trinajstić information content (AvgIpc) is 0.909. The van der Waals surface area contributed by atoms with E-state index in [1.54, 1.807) is 54.9 Å². The molecule has 2 unspecified atom stereocenters. The Morgan fingerprint density at radius 3 is 2.46 bits per heavy atom. The maximum atomic E-state index is 13.8. The molecule has 2 aromatic carbocycles. The summed E-state index contributed by atoms with van der Waals surface area (Å²) in [5.41, 5.74) is 10.3. The van der Waals surface area contributed by atoms with E-state index in [1.165, 1.54) is 22.3 Å². The number of carbonyl (C=O) groups is 4. The summed E-state index contributed by atoms with van der Waals surface area (Å²) in [5, 5.41) is 62.7. The van der Waals surface area contributed by atoms with Crippen molar-refractivity contribution in [1.82, 2.24) is 29.6 Å². The highest BCUT2D eigenvalue weighted by Gasteiger charge is 2.66. The number of aliphatic carboxylic acids is 1. The molecule has 480 valence electrons. The van der Waals surface area contributed by atoms with Gasteiger partial charge >= 0.3 is 18.0 Å². The zero-order chi connectivity index (χ0) is 63.9. The summed E-state index contributed by atoms with van der Waals surface area (Å²) in [6.45, 7) is 8.08. The second-order valence-electron chi connectivity index (χ2n) is 25.2. The minimum absolute atomic E-state index is 0.0436. The molecule has 4 saturated carbocycles. The number of amides is 2. The molecule has 7 atom stereocenters. The van der Waals surface area contributed by atoms with Crippen molar-refractivity contribution in [3.63, 3.8) is 0 Å². The van der Waals surface area contributed by atoms with Crippen LogP contribution in [0.4, 0.5) is 21.4 Å². The summed E-state index contributed by atoms with van der Waals surface area (Å²) in [6.07, 6.45) is 2.84. The number of anilines is 3. The number of fused-ring (bicyclic) bond motifs is 2. The Morgan fingerprint density at radius 2 is 1.72 bits per heavy atom. The molecule has 4 aromatic heterocycles. The van der Waals surface area contributed by atoms with E-state index >= 15 is 0 Å². The van der Waals surface area contributed by atoms with Crippen LogP contribution in [0.25, 0.3) is 27.6 Å². The molecule has 1 saturated heterocycles. The monoisotopic (exact) mass is 1280 g/mol. The largest absolute Gasteiger partial charge is 0.479 e. The van der Waals surface area contributed by atoms with Crippen molar-refractivity contribution < 1.29 is 76.6 Å². The Balaban J connectivity index is 0.742. The number of nitrogens with one attached hydrogen (secondary N) is 2. The van der Waals surface area contributed by atoms with Gasteiger partial charge in [0, 0.05) is 67.8 Å². The summed E-state index contributed by atoms with van der Waals surface area (Å²) in [5.74, 6) is -3.22. The number of aromatic carboxylic acids is 1. The maximum Gasteiger partial charge on any atom is 0.410 e. The highest BCUT2D eigenvalue weighted by atomic mass is 32.2. The number of carbonyl (C=O) groups excluding carboxylic acids is 2. The molecule has 10 N–H and O–H groups in total. The molecule has 26 nitrogen and oxygen atoms in total. The molecule has 6 aliphatic rings. The highest BCUT2D eigenvalue weighted by molar-refractivity contribution is 7.85. The number of nitrogens with two attached hydrogens (primary N) is 1. The molecular weight excluding hydrogens is 1200 g/mol. The van der Waals surface area contributed by atoms with Crippen LogP contribution in [0.2, 0.25) is 0 Å². The van der Waals surface area contributed by atoms with E-state index in [1.807, 2.05) is 40.8 Å². The number of carboxylic acids is 2. The van der Waals surface area contributed by atoms with Gasteiger partial charge in [-0.2, -0.15) is 13.5 Å². The van der Waals surface area contributed by atoms with E-state index in [0.29, 0.717) is 101 Å². The quantitative estimate of drug-likeness (QED) is 0.0248. The Labute approximate surface area is 522 Å². The topological polar surface area (TPSA) is 374 Å². The van der Waals surface area contributed by atoms with Gasteiger partial charge in [-0.05, 0) is 146 Å². The zero-order valence-electron chi connectivity index (χ0n) is 50.0. The van der Waals surface area contributed by atoms with Crippen LogP contribution in [0.1, 0.15) is 102 Å². The van der Waals surface area contributed by atoms with Gasteiger partial charge in [0.2, 0.25) is 6.29 Å². The second-order valence-corrected chi connectivity index (χ2v) is 27.8. The summed E-state index contributed by atoms with van der Waals surface area (Å²) in [4.78, 5) is 69.8. The Bertz CT molecular complexity index is 3810. The van der Waals surface area contributed by atoms with E-state index in [0.717, 1.165) is 48.9 Å². The number of rotatable bonds is 24. The van der Waals surface area contributed by atoms with Crippen LogP contribution in [0.3, 0.4) is 0 Å². The van der Waals surface area contributed by atoms with Gasteiger partial charge in [-0.1, -0.05) is 49.5 Å². The maximum absolute atomic E-state index is 13.8. The van der Waals surface area contributed by atoms with Crippen molar-refractivity contribution in [2.45, 2.75) is 122 Å². The van der Waals surface area contributed by atoms with Crippen LogP contribution < -0.4 is 26.0 Å². The van der Waals surface area contributed by atoms with E-state index < -0.39 is 70.2 Å². The van der Waals surface area contributed by atoms with Gasteiger partial charge < -0.3 is 65.3 Å². The first kappa shape index (κ1) is 63.9. The summed E-state index contributed by atoms with van der Waals surface area (Å²) in [7, 11) is -4.48. The van der Waals surface area contributed by atoms with E-state index in [-0.39, 0.29) is 59.9 Å². The third kappa shape index (κ3) is 13.8. The van der Waals surface area contributed by atoms with Crippen molar-refractivity contribution in [3.8, 4) is 16.9 Å². The lowest BCUT2D eigenvalue weighted by atomic mass is 9.39. The average molecular weight is 1280 g/mol. The third-order valence-corrected chi connectivity index (χ3v) is 19.5. The first-order valence-corrected chi connectivity index (χ1v) is 32.3. The highest BCUT2D eigenvalue weighted by Crippen LogP contribution is 2.72. The fourth-order valence-corrected chi connectivity index (χ4v) is 16.4. The summed E-state index contributed by atoms with van der Waals surface area (Å²) < 4.78 is 59.4. The van der Waals surface area contributed by atoms with Crippen molar-refractivity contribution in [1.29, 1.82) is 0 Å². The molecule has 2 amide bonds. The smallest absolute Gasteiger partial charge is 0.410 e. The number of aromatic nitrogens is 5. The van der Waals surface area contributed by atoms with Crippen LogP contribution in [-0.4, -0.2) is 180 Å². The number of hydrogen-bond donors (Lipinski definition) is 9. The molecule has 0 radical (unpaired) electrons. The molecule has 12 rings (SSSR count). The number of nitrogens with zero attached hydrogens (tertiary/aromatic N) is 7. The number of pyridine rings is 2. The molecule has 6 heterocycles. The lowest BCUT2D eigenvalue weighted by Gasteiger charge is -2.69. The molecule has 4 bridgehead atoms. The number of thiazole rings is 1. The first-order chi connectivity index (χ1) is 42.8. The van der Waals surface area contributed by atoms with Crippen LogP contribution in [0.15, 0.2) is 79.1 Å². The minimum Gasteiger partial charge on any atom is -0.479 e. The second kappa shape index (κ2) is 25.5. The standard InChI is InChI=1S/C62H74N10O16S2/c1-36-41(39-13-15-46(68-47(39)54(77)78)71-20-16-38-9-4-10-40(42(38)28-71)52(76)69-57-67-43-11-5-18-65-53(43)89-57)27-66-72(36)35-61-30-59(2)29-60(3,31-61)33-62(32-59,34-61)86-24-21-70(22-25-90(82,83)84)58(81)85-23-6-8-37-12-14-45(44(26-37)64-19-7-17-63)87-56-50(75)48(73)49(74)51(88-56)55(79)80/h4-6,8-15,18,26-27,48-51,56,64,73-75H,7,16-17,19-25,28-35,63H2,1-3H3,(H,77,78)(H,79,80)(H,67,69,76)(H,82,83,84)/b8-6+/t48-,49-,50+,51-,56+,59?,60?,61?,62?/m0/s1. The Kier molecular flexibility index (Phi) is 18.1. The molecule has 4 aliphatic carbocycles. The van der Waals surface area contributed by atoms with Crippen molar-refractivity contribution in [2.75, 3.05) is 67.2 Å². The number of ether oxygens (including phenoxy) is 4. The van der Waals surface area contributed by atoms with E-state index in [2.05, 4.69) is 34.4 Å². The van der Waals surface area contributed by atoms with Crippen molar-refractivity contribution in [3.05, 3.63) is 113 Å². The molecule has 5 fully saturated rings. The van der Waals surface area contributed by atoms with Crippen LogP contribution in [0, 0.1) is 23.2 Å². The molecule has 0 spiro atoms. The summed E-state index contributed by atoms with van der Waals surface area (Å²) in [6, 6.07) is 17.6. The SMILES string of the molecule is Cc1c(-c2ccc(N3CCc4cccc(C(=O)Nc5nc6cccnc6s5)c4C3)nc2C(=O)O)cnn1CC12CC3(C)CC(C)(C1)CC(OCCN(CCS(=O)(=O)O)C(=O)OC/C=C/c1ccc(O[C@@H]4O[C@H](C(=O)O)[C@@H](O)[C@H](O)[C@H]4O)c(NCCCN)c1)(C3)C2. The molecule has 28 heteroatoms.